The lowest BCUT2D eigenvalue weighted by Gasteiger charge is -2.20. The summed E-state index contributed by atoms with van der Waals surface area (Å²) in [5.41, 5.74) is 12.7. The van der Waals surface area contributed by atoms with Gasteiger partial charge in [-0.25, -0.2) is 18.6 Å². The number of carbonyl (C=O) groups is 1. The molecule has 1 saturated carbocycles. The molecule has 2 aromatic carbocycles. The molecule has 0 bridgehead atoms. The summed E-state index contributed by atoms with van der Waals surface area (Å²) in [6, 6.07) is 6.00. The Labute approximate surface area is 236 Å². The van der Waals surface area contributed by atoms with E-state index in [0.717, 1.165) is 35.7 Å². The van der Waals surface area contributed by atoms with Crippen molar-refractivity contribution in [3.05, 3.63) is 75.2 Å². The molecule has 220 valence electrons. The predicted octanol–water partition coefficient (Wildman–Crippen LogP) is 2.84. The molecule has 2 aromatic heterocycles. The van der Waals surface area contributed by atoms with E-state index >= 15 is 8.78 Å². The van der Waals surface area contributed by atoms with Crippen molar-refractivity contribution >= 4 is 44.7 Å². The number of nitrogens with zero attached hydrogens (tertiary/aromatic N) is 4. The zero-order valence-electron chi connectivity index (χ0n) is 21.7. The SMILES string of the molecule is Nc1ncc(CN2CCc3cc(-c4c(F)cc5c(=O)c(C(=O)O)cn(C6CC6)c5c4F)ccc32)c(N)n1.O=S(=O)(O)O. The smallest absolute Gasteiger partial charge is 0.394 e. The number of nitrogen functional groups attached to an aromatic ring is 2. The molecule has 0 atom stereocenters. The number of hydrogen-bond acceptors (Lipinski definition) is 9. The molecule has 1 aliphatic heterocycles. The molecule has 16 heteroatoms. The second-order valence-corrected chi connectivity index (χ2v) is 10.8. The van der Waals surface area contributed by atoms with E-state index in [9.17, 15) is 14.7 Å². The normalized spacial score (nSPS) is 14.4. The highest BCUT2D eigenvalue weighted by molar-refractivity contribution is 7.79. The van der Waals surface area contributed by atoms with Gasteiger partial charge in [-0.1, -0.05) is 6.07 Å². The summed E-state index contributed by atoms with van der Waals surface area (Å²) >= 11 is 0. The molecular weight excluding hydrogens is 578 g/mol. The van der Waals surface area contributed by atoms with Crippen LogP contribution in [-0.4, -0.2) is 49.7 Å². The molecule has 7 N–H and O–H groups in total. The van der Waals surface area contributed by atoms with Crippen LogP contribution in [0.15, 0.2) is 41.5 Å². The number of aromatic carboxylic acids is 1. The Morgan fingerprint density at radius 3 is 2.45 bits per heavy atom. The van der Waals surface area contributed by atoms with E-state index < -0.39 is 39.0 Å². The summed E-state index contributed by atoms with van der Waals surface area (Å²) in [6.45, 7) is 1.13. The Bertz CT molecular complexity index is 1920. The number of carboxylic acids is 1. The quantitative estimate of drug-likeness (QED) is 0.209. The van der Waals surface area contributed by atoms with Crippen LogP contribution in [0.3, 0.4) is 0 Å². The number of aromatic nitrogens is 3. The van der Waals surface area contributed by atoms with Crippen LogP contribution in [-0.2, 0) is 23.4 Å². The molecule has 4 aromatic rings. The van der Waals surface area contributed by atoms with Gasteiger partial charge in [0, 0.05) is 42.8 Å². The Morgan fingerprint density at radius 1 is 1.14 bits per heavy atom. The van der Waals surface area contributed by atoms with Gasteiger partial charge in [0.2, 0.25) is 11.4 Å². The maximum Gasteiger partial charge on any atom is 0.394 e. The molecule has 0 amide bonds. The first-order valence-corrected chi connectivity index (χ1v) is 13.9. The van der Waals surface area contributed by atoms with Crippen LogP contribution in [0.25, 0.3) is 22.0 Å². The van der Waals surface area contributed by atoms with Gasteiger partial charge < -0.3 is 26.0 Å². The number of anilines is 3. The number of nitrogens with two attached hydrogens (primary N) is 2. The minimum Gasteiger partial charge on any atom is -0.477 e. The Balaban J connectivity index is 0.000000652. The molecule has 0 spiro atoms. The lowest BCUT2D eigenvalue weighted by molar-refractivity contribution is 0.0694. The van der Waals surface area contributed by atoms with Crippen molar-refractivity contribution in [2.45, 2.75) is 31.8 Å². The van der Waals surface area contributed by atoms with Gasteiger partial charge in [0.1, 0.15) is 17.2 Å². The van der Waals surface area contributed by atoms with Crippen LogP contribution < -0.4 is 21.8 Å². The van der Waals surface area contributed by atoms with E-state index in [4.69, 9.17) is 29.0 Å². The van der Waals surface area contributed by atoms with Crippen molar-refractivity contribution in [1.82, 2.24) is 14.5 Å². The lowest BCUT2D eigenvalue weighted by atomic mass is 9.98. The third-order valence-electron chi connectivity index (χ3n) is 7.02. The first-order valence-electron chi connectivity index (χ1n) is 12.5. The second kappa shape index (κ2) is 10.6. The van der Waals surface area contributed by atoms with Crippen molar-refractivity contribution in [3.8, 4) is 11.1 Å². The summed E-state index contributed by atoms with van der Waals surface area (Å²) in [7, 11) is -4.67. The highest BCUT2D eigenvalue weighted by Gasteiger charge is 2.30. The van der Waals surface area contributed by atoms with E-state index in [1.54, 1.807) is 24.4 Å². The van der Waals surface area contributed by atoms with Gasteiger partial charge in [-0.05, 0) is 48.6 Å². The van der Waals surface area contributed by atoms with Gasteiger partial charge in [0.25, 0.3) is 0 Å². The molecule has 13 nitrogen and oxygen atoms in total. The number of fused-ring (bicyclic) bond motifs is 2. The minimum absolute atomic E-state index is 0.0742. The molecular formula is C26H24F2N6O7S. The summed E-state index contributed by atoms with van der Waals surface area (Å²) in [5, 5.41) is 9.15. The Morgan fingerprint density at radius 2 is 1.83 bits per heavy atom. The van der Waals surface area contributed by atoms with Gasteiger partial charge in [0.15, 0.2) is 5.82 Å². The molecule has 2 aliphatic rings. The van der Waals surface area contributed by atoms with Crippen molar-refractivity contribution < 1.29 is 36.2 Å². The average Bonchev–Trinajstić information content (AvgIpc) is 3.66. The van der Waals surface area contributed by atoms with Crippen molar-refractivity contribution in [2.75, 3.05) is 22.9 Å². The number of pyridine rings is 1. The number of carboxylic acid groups (broad SMARTS) is 1. The highest BCUT2D eigenvalue weighted by Crippen LogP contribution is 2.41. The largest absolute Gasteiger partial charge is 0.477 e. The van der Waals surface area contributed by atoms with Crippen LogP contribution in [0.5, 0.6) is 0 Å². The van der Waals surface area contributed by atoms with Crippen LogP contribution in [0, 0.1) is 11.6 Å². The van der Waals surface area contributed by atoms with Gasteiger partial charge in [0.05, 0.1) is 16.5 Å². The molecule has 6 rings (SSSR count). The number of halogens is 2. The number of hydrogen-bond donors (Lipinski definition) is 5. The first kappa shape index (κ1) is 28.8. The van der Waals surface area contributed by atoms with E-state index in [0.29, 0.717) is 30.9 Å². The topological polar surface area (TPSA) is 215 Å². The van der Waals surface area contributed by atoms with Crippen molar-refractivity contribution in [2.24, 2.45) is 0 Å². The van der Waals surface area contributed by atoms with E-state index in [1.165, 1.54) is 10.8 Å². The maximum absolute atomic E-state index is 16.0. The summed E-state index contributed by atoms with van der Waals surface area (Å²) in [6.07, 6.45) is 4.86. The van der Waals surface area contributed by atoms with Gasteiger partial charge in [-0.15, -0.1) is 0 Å². The standard InChI is InChI=1S/C26H22F2N6O3.H2O4S/c27-18-8-16-22(34(15-2-3-15)11-17(23(16)35)25(36)37)21(28)20(18)13-1-4-19-12(7-13)5-6-33(19)10-14-9-31-26(30)32-24(14)29;1-5(2,3)4/h1,4,7-9,11,15H,2-3,5-6,10H2,(H,36,37)(H4,29,30,31,32);(H2,1,2,3,4). The zero-order valence-corrected chi connectivity index (χ0v) is 22.5. The Hall–Kier alpha value is -4.67. The summed E-state index contributed by atoms with van der Waals surface area (Å²) in [5.74, 6) is -2.84. The third kappa shape index (κ3) is 5.72. The van der Waals surface area contributed by atoms with Crippen LogP contribution in [0.1, 0.15) is 40.4 Å². The van der Waals surface area contributed by atoms with E-state index in [2.05, 4.69) is 14.9 Å². The molecule has 3 heterocycles. The van der Waals surface area contributed by atoms with Gasteiger partial charge >= 0.3 is 16.4 Å². The maximum atomic E-state index is 16.0. The van der Waals surface area contributed by atoms with Crippen molar-refractivity contribution in [3.63, 3.8) is 0 Å². The first-order chi connectivity index (χ1) is 19.7. The molecule has 1 fully saturated rings. The van der Waals surface area contributed by atoms with Crippen molar-refractivity contribution in [1.29, 1.82) is 0 Å². The summed E-state index contributed by atoms with van der Waals surface area (Å²) in [4.78, 5) is 34.4. The van der Waals surface area contributed by atoms with Gasteiger partial charge in [-0.3, -0.25) is 13.9 Å². The Kier molecular flexibility index (Phi) is 7.30. The number of benzene rings is 2. The fourth-order valence-electron chi connectivity index (χ4n) is 5.05. The third-order valence-corrected chi connectivity index (χ3v) is 7.02. The molecule has 0 radical (unpaired) electrons. The van der Waals surface area contributed by atoms with E-state index in [1.807, 2.05) is 0 Å². The average molecular weight is 603 g/mol. The van der Waals surface area contributed by atoms with Crippen LogP contribution in [0.2, 0.25) is 0 Å². The zero-order chi connectivity index (χ0) is 30.5. The molecule has 1 aliphatic carbocycles. The lowest BCUT2D eigenvalue weighted by Crippen LogP contribution is -2.21. The van der Waals surface area contributed by atoms with Crippen LogP contribution >= 0.6 is 0 Å². The van der Waals surface area contributed by atoms with Gasteiger partial charge in [-0.2, -0.15) is 13.4 Å². The fraction of sp³-hybridized carbons (Fsp3) is 0.231. The predicted molar refractivity (Wildman–Crippen MR) is 149 cm³/mol. The summed E-state index contributed by atoms with van der Waals surface area (Å²) < 4.78 is 64.4. The minimum atomic E-state index is -4.67. The van der Waals surface area contributed by atoms with Crippen LogP contribution in [0.4, 0.5) is 26.2 Å². The highest BCUT2D eigenvalue weighted by atomic mass is 32.3. The number of rotatable bonds is 5. The molecule has 0 unspecified atom stereocenters. The monoisotopic (exact) mass is 602 g/mol. The fourth-order valence-corrected chi connectivity index (χ4v) is 5.05. The van der Waals surface area contributed by atoms with E-state index in [-0.39, 0.29) is 28.5 Å². The molecule has 42 heavy (non-hydrogen) atoms. The molecule has 0 saturated heterocycles. The second-order valence-electron chi connectivity index (χ2n) is 9.86.